The van der Waals surface area contributed by atoms with Crippen molar-refractivity contribution in [1.82, 2.24) is 9.88 Å². The number of carbonyl (C=O) groups excluding carboxylic acids is 1. The lowest BCUT2D eigenvalue weighted by atomic mass is 9.85. The van der Waals surface area contributed by atoms with Gasteiger partial charge in [-0.2, -0.15) is 0 Å². The second-order valence-corrected chi connectivity index (χ2v) is 11.6. The van der Waals surface area contributed by atoms with Crippen molar-refractivity contribution in [3.63, 3.8) is 0 Å². The maximum absolute atomic E-state index is 12.8. The number of aromatic nitrogens is 1. The lowest BCUT2D eigenvalue weighted by Crippen LogP contribution is -2.56. The summed E-state index contributed by atoms with van der Waals surface area (Å²) in [6, 6.07) is 6.06. The van der Waals surface area contributed by atoms with E-state index in [1.807, 2.05) is 12.1 Å². The molecule has 4 heterocycles. The maximum Gasteiger partial charge on any atom is 0.230 e. The van der Waals surface area contributed by atoms with Crippen LogP contribution in [0, 0.1) is 5.92 Å². The van der Waals surface area contributed by atoms with Gasteiger partial charge in [0.15, 0.2) is 0 Å². The topological polar surface area (TPSA) is 83.9 Å². The zero-order chi connectivity index (χ0) is 24.8. The Hall–Kier alpha value is -1.77. The van der Waals surface area contributed by atoms with Crippen LogP contribution in [-0.2, 0) is 14.3 Å². The summed E-state index contributed by atoms with van der Waals surface area (Å²) in [5.41, 5.74) is 0.668. The van der Waals surface area contributed by atoms with E-state index in [1.54, 1.807) is 6.20 Å². The zero-order valence-corrected chi connectivity index (χ0v) is 21.6. The Labute approximate surface area is 212 Å². The molecule has 2 aromatic rings. The SMILES string of the molecule is CC1(C)CC[C@H](C(=O)Nc2cc3cc(C4CCN([C@]5(C)COC[C@@H]5O)CC4)c(Cl)cc3cn2)CO1. The molecular formula is C27H36ClN3O4. The van der Waals surface area contributed by atoms with Gasteiger partial charge in [-0.25, -0.2) is 4.98 Å². The monoisotopic (exact) mass is 501 g/mol. The number of rotatable bonds is 4. The predicted octanol–water partition coefficient (Wildman–Crippen LogP) is 4.36. The number of fused-ring (bicyclic) bond motifs is 1. The molecule has 1 amide bonds. The number of ether oxygens (including phenoxy) is 2. The first-order valence-corrected chi connectivity index (χ1v) is 13.1. The van der Waals surface area contributed by atoms with E-state index in [0.29, 0.717) is 31.6 Å². The fourth-order valence-corrected chi connectivity index (χ4v) is 5.99. The molecule has 2 N–H and O–H groups in total. The first-order chi connectivity index (χ1) is 16.6. The first-order valence-electron chi connectivity index (χ1n) is 12.7. The molecule has 0 unspecified atom stereocenters. The number of likely N-dealkylation sites (tertiary alicyclic amines) is 1. The van der Waals surface area contributed by atoms with E-state index in [0.717, 1.165) is 60.1 Å². The number of nitrogens with one attached hydrogen (secondary N) is 1. The lowest BCUT2D eigenvalue weighted by Gasteiger charge is -2.43. The van der Waals surface area contributed by atoms with Crippen LogP contribution in [0.15, 0.2) is 24.4 Å². The fourth-order valence-electron chi connectivity index (χ4n) is 5.66. The number of hydrogen-bond acceptors (Lipinski definition) is 6. The highest BCUT2D eigenvalue weighted by Crippen LogP contribution is 2.38. The number of piperidine rings is 1. The van der Waals surface area contributed by atoms with Crippen molar-refractivity contribution >= 4 is 34.1 Å². The smallest absolute Gasteiger partial charge is 0.230 e. The summed E-state index contributed by atoms with van der Waals surface area (Å²) in [7, 11) is 0. The molecular weight excluding hydrogens is 466 g/mol. The Kier molecular flexibility index (Phi) is 6.83. The van der Waals surface area contributed by atoms with E-state index >= 15 is 0 Å². The number of aliphatic hydroxyl groups is 1. The molecule has 3 aliphatic rings. The van der Waals surface area contributed by atoms with Crippen molar-refractivity contribution in [3.8, 4) is 0 Å². The normalized spacial score (nSPS) is 30.0. The van der Waals surface area contributed by atoms with E-state index in [4.69, 9.17) is 21.1 Å². The molecule has 8 heteroatoms. The van der Waals surface area contributed by atoms with Gasteiger partial charge in [0.1, 0.15) is 5.82 Å². The van der Waals surface area contributed by atoms with Gasteiger partial charge in [-0.15, -0.1) is 0 Å². The summed E-state index contributed by atoms with van der Waals surface area (Å²) in [6.45, 7) is 9.43. The third-order valence-corrected chi connectivity index (χ3v) is 8.60. The van der Waals surface area contributed by atoms with Crippen molar-refractivity contribution in [2.45, 2.75) is 69.6 Å². The molecule has 3 aliphatic heterocycles. The Balaban J connectivity index is 1.28. The number of hydrogen-bond donors (Lipinski definition) is 2. The predicted molar refractivity (Wildman–Crippen MR) is 137 cm³/mol. The molecule has 0 radical (unpaired) electrons. The molecule has 0 spiro atoms. The standard InChI is InChI=1S/C27H36ClN3O4/c1-26(2)7-4-18(14-35-26)25(33)30-24-12-19-10-21(22(28)11-20(19)13-29-24)17-5-8-31(9-6-17)27(3)16-34-15-23(27)32/h10-13,17-18,23,32H,4-9,14-16H2,1-3H3,(H,29,30,33)/t18-,23-,27+/m0/s1. The largest absolute Gasteiger partial charge is 0.389 e. The number of benzene rings is 1. The third kappa shape index (κ3) is 5.07. The van der Waals surface area contributed by atoms with E-state index in [1.165, 1.54) is 0 Å². The van der Waals surface area contributed by atoms with Crippen molar-refractivity contribution in [3.05, 3.63) is 35.0 Å². The fraction of sp³-hybridized carbons (Fsp3) is 0.630. The van der Waals surface area contributed by atoms with Gasteiger partial charge in [0, 0.05) is 16.6 Å². The van der Waals surface area contributed by atoms with Crippen LogP contribution in [0.1, 0.15) is 57.9 Å². The van der Waals surface area contributed by atoms with Gasteiger partial charge in [-0.1, -0.05) is 11.6 Å². The van der Waals surface area contributed by atoms with Gasteiger partial charge < -0.3 is 19.9 Å². The number of pyridine rings is 1. The third-order valence-electron chi connectivity index (χ3n) is 8.27. The summed E-state index contributed by atoms with van der Waals surface area (Å²) >= 11 is 6.71. The average molecular weight is 502 g/mol. The molecule has 5 rings (SSSR count). The van der Waals surface area contributed by atoms with Crippen molar-refractivity contribution < 1.29 is 19.4 Å². The molecule has 0 saturated carbocycles. The summed E-state index contributed by atoms with van der Waals surface area (Å²) in [6.07, 6.45) is 4.94. The first kappa shape index (κ1) is 24.9. The Bertz CT molecular complexity index is 1090. The molecule has 3 fully saturated rings. The molecule has 1 aromatic heterocycles. The van der Waals surface area contributed by atoms with Crippen LogP contribution >= 0.6 is 11.6 Å². The van der Waals surface area contributed by atoms with Gasteiger partial charge in [0.25, 0.3) is 0 Å². The van der Waals surface area contributed by atoms with Crippen molar-refractivity contribution in [2.24, 2.45) is 5.92 Å². The minimum absolute atomic E-state index is 0.0412. The number of carbonyl (C=O) groups is 1. The van der Waals surface area contributed by atoms with Gasteiger partial charge >= 0.3 is 0 Å². The highest BCUT2D eigenvalue weighted by atomic mass is 35.5. The molecule has 0 bridgehead atoms. The van der Waals surface area contributed by atoms with E-state index in [-0.39, 0.29) is 23.0 Å². The van der Waals surface area contributed by atoms with Crippen molar-refractivity contribution in [2.75, 3.05) is 38.2 Å². The van der Waals surface area contributed by atoms with Gasteiger partial charge in [0.05, 0.1) is 43.0 Å². The molecule has 0 aliphatic carbocycles. The van der Waals surface area contributed by atoms with Crippen LogP contribution in [0.3, 0.4) is 0 Å². The Morgan fingerprint density at radius 2 is 1.91 bits per heavy atom. The molecule has 1 aromatic carbocycles. The minimum atomic E-state index is -0.448. The van der Waals surface area contributed by atoms with Crippen LogP contribution < -0.4 is 5.32 Å². The minimum Gasteiger partial charge on any atom is -0.389 e. The highest BCUT2D eigenvalue weighted by molar-refractivity contribution is 6.32. The van der Waals surface area contributed by atoms with Crippen LogP contribution in [0.25, 0.3) is 10.8 Å². The van der Waals surface area contributed by atoms with Crippen LogP contribution in [0.5, 0.6) is 0 Å². The average Bonchev–Trinajstić information content (AvgIpc) is 3.18. The van der Waals surface area contributed by atoms with Gasteiger partial charge in [0.2, 0.25) is 5.91 Å². The number of halogens is 1. The molecule has 35 heavy (non-hydrogen) atoms. The number of aliphatic hydroxyl groups excluding tert-OH is 1. The lowest BCUT2D eigenvalue weighted by molar-refractivity contribution is -0.131. The summed E-state index contributed by atoms with van der Waals surface area (Å²) < 4.78 is 11.4. The van der Waals surface area contributed by atoms with Crippen LogP contribution in [0.2, 0.25) is 5.02 Å². The molecule has 3 atom stereocenters. The Morgan fingerprint density at radius 1 is 1.14 bits per heavy atom. The Morgan fingerprint density at radius 3 is 2.57 bits per heavy atom. The van der Waals surface area contributed by atoms with Crippen LogP contribution in [0.4, 0.5) is 5.82 Å². The summed E-state index contributed by atoms with van der Waals surface area (Å²) in [4.78, 5) is 19.6. The number of amides is 1. The zero-order valence-electron chi connectivity index (χ0n) is 20.8. The van der Waals surface area contributed by atoms with E-state index in [2.05, 4.69) is 42.0 Å². The van der Waals surface area contributed by atoms with Crippen molar-refractivity contribution in [1.29, 1.82) is 0 Å². The van der Waals surface area contributed by atoms with E-state index in [9.17, 15) is 9.90 Å². The summed E-state index contributed by atoms with van der Waals surface area (Å²) in [5, 5.41) is 16.1. The summed E-state index contributed by atoms with van der Waals surface area (Å²) in [5.74, 6) is 0.705. The number of nitrogens with zero attached hydrogens (tertiary/aromatic N) is 2. The van der Waals surface area contributed by atoms with Gasteiger partial charge in [-0.05, 0) is 94.6 Å². The maximum atomic E-state index is 12.8. The molecule has 7 nitrogen and oxygen atoms in total. The highest BCUT2D eigenvalue weighted by Gasteiger charge is 2.45. The second-order valence-electron chi connectivity index (χ2n) is 11.2. The molecule has 190 valence electrons. The molecule has 3 saturated heterocycles. The quantitative estimate of drug-likeness (QED) is 0.647. The van der Waals surface area contributed by atoms with Crippen LogP contribution in [-0.4, -0.2) is 71.1 Å². The second kappa shape index (κ2) is 9.60. The number of anilines is 1. The van der Waals surface area contributed by atoms with E-state index < -0.39 is 6.10 Å². The van der Waals surface area contributed by atoms with Gasteiger partial charge in [-0.3, -0.25) is 9.69 Å².